The van der Waals surface area contributed by atoms with Gasteiger partial charge in [0.15, 0.2) is 0 Å². The van der Waals surface area contributed by atoms with E-state index in [1.165, 1.54) is 18.6 Å². The van der Waals surface area contributed by atoms with Gasteiger partial charge >= 0.3 is 0 Å². The number of hydrogen-bond donors (Lipinski definition) is 1. The molecular weight excluding hydrogens is 267 g/mol. The Kier molecular flexibility index (Phi) is 5.20. The Labute approximate surface area is 118 Å². The summed E-state index contributed by atoms with van der Waals surface area (Å²) in [5.41, 5.74) is 0.266. The molecule has 1 fully saturated rings. The Morgan fingerprint density at radius 3 is 2.58 bits per heavy atom. The van der Waals surface area contributed by atoms with Crippen molar-refractivity contribution in [3.05, 3.63) is 34.6 Å². The van der Waals surface area contributed by atoms with Crippen molar-refractivity contribution in [2.24, 2.45) is 5.92 Å². The minimum absolute atomic E-state index is 0.266. The quantitative estimate of drug-likeness (QED) is 0.903. The van der Waals surface area contributed by atoms with Gasteiger partial charge in [-0.2, -0.15) is 0 Å². The van der Waals surface area contributed by atoms with Crippen LogP contribution in [0.3, 0.4) is 0 Å². The molecule has 1 aliphatic carbocycles. The number of methoxy groups -OCH3 is 1. The van der Waals surface area contributed by atoms with E-state index in [2.05, 4.69) is 0 Å². The molecule has 0 radical (unpaired) electrons. The molecule has 1 aliphatic rings. The fraction of sp³-hybridized carbons (Fsp3) is 0.600. The van der Waals surface area contributed by atoms with Gasteiger partial charge < -0.3 is 9.84 Å². The first kappa shape index (κ1) is 14.8. The topological polar surface area (TPSA) is 29.5 Å². The van der Waals surface area contributed by atoms with E-state index in [-0.39, 0.29) is 11.7 Å². The largest absolute Gasteiger partial charge is 0.386 e. The lowest BCUT2D eigenvalue weighted by Crippen LogP contribution is -2.31. The molecule has 2 unspecified atom stereocenters. The number of halogens is 2. The lowest BCUT2D eigenvalue weighted by atomic mass is 9.82. The number of aliphatic hydroxyl groups excluding tert-OH is 1. The van der Waals surface area contributed by atoms with Crippen molar-refractivity contribution in [3.63, 3.8) is 0 Å². The third kappa shape index (κ3) is 3.47. The minimum atomic E-state index is -0.939. The first-order valence-electron chi connectivity index (χ1n) is 6.79. The van der Waals surface area contributed by atoms with Gasteiger partial charge in [-0.05, 0) is 30.9 Å². The SMILES string of the molecule is COC(C1CCCCC1)C(O)c1ccc(Cl)cc1F. The van der Waals surface area contributed by atoms with Crippen LogP contribution in [0.15, 0.2) is 18.2 Å². The standard InChI is InChI=1S/C15H20ClFO2/c1-19-15(10-5-3-2-4-6-10)14(18)12-8-7-11(16)9-13(12)17/h7-10,14-15,18H,2-6H2,1H3. The smallest absolute Gasteiger partial charge is 0.130 e. The molecule has 2 nitrogen and oxygen atoms in total. The summed E-state index contributed by atoms with van der Waals surface area (Å²) in [5, 5.41) is 10.7. The molecule has 0 heterocycles. The Morgan fingerprint density at radius 2 is 2.00 bits per heavy atom. The fourth-order valence-electron chi connectivity index (χ4n) is 2.96. The van der Waals surface area contributed by atoms with Crippen LogP contribution in [0.4, 0.5) is 4.39 Å². The molecule has 0 saturated heterocycles. The van der Waals surface area contributed by atoms with Gasteiger partial charge in [-0.1, -0.05) is 36.9 Å². The predicted octanol–water partition coefficient (Wildman–Crippen LogP) is 4.11. The van der Waals surface area contributed by atoms with Crippen molar-refractivity contribution in [1.29, 1.82) is 0 Å². The second-order valence-corrected chi connectivity index (χ2v) is 5.65. The Balaban J connectivity index is 2.17. The summed E-state index contributed by atoms with van der Waals surface area (Å²) in [7, 11) is 1.58. The molecule has 0 aliphatic heterocycles. The number of aliphatic hydroxyl groups is 1. The summed E-state index contributed by atoms with van der Waals surface area (Å²) in [6.07, 6.45) is 4.32. The molecule has 1 aromatic carbocycles. The van der Waals surface area contributed by atoms with E-state index in [0.717, 1.165) is 25.7 Å². The van der Waals surface area contributed by atoms with E-state index in [1.54, 1.807) is 13.2 Å². The van der Waals surface area contributed by atoms with Crippen molar-refractivity contribution in [2.45, 2.75) is 44.3 Å². The summed E-state index contributed by atoms with van der Waals surface area (Å²) in [6, 6.07) is 4.36. The monoisotopic (exact) mass is 286 g/mol. The van der Waals surface area contributed by atoms with Crippen LogP contribution in [0.25, 0.3) is 0 Å². The summed E-state index contributed by atoms with van der Waals surface area (Å²) >= 11 is 5.73. The first-order valence-corrected chi connectivity index (χ1v) is 7.17. The van der Waals surface area contributed by atoms with E-state index in [0.29, 0.717) is 10.9 Å². The van der Waals surface area contributed by atoms with Crippen molar-refractivity contribution >= 4 is 11.6 Å². The first-order chi connectivity index (χ1) is 9.13. The molecule has 2 atom stereocenters. The maximum atomic E-state index is 13.9. The second kappa shape index (κ2) is 6.69. The number of rotatable bonds is 4. The molecule has 0 bridgehead atoms. The average Bonchev–Trinajstić information content (AvgIpc) is 2.40. The zero-order valence-electron chi connectivity index (χ0n) is 11.1. The third-order valence-corrected chi connectivity index (χ3v) is 4.21. The predicted molar refractivity (Wildman–Crippen MR) is 73.7 cm³/mol. The molecule has 1 aromatic rings. The molecular formula is C15H20ClFO2. The van der Waals surface area contributed by atoms with E-state index in [1.807, 2.05) is 0 Å². The van der Waals surface area contributed by atoms with Crippen molar-refractivity contribution in [2.75, 3.05) is 7.11 Å². The van der Waals surface area contributed by atoms with Gasteiger partial charge in [0.2, 0.25) is 0 Å². The van der Waals surface area contributed by atoms with Crippen molar-refractivity contribution in [1.82, 2.24) is 0 Å². The molecule has 0 aromatic heterocycles. The van der Waals surface area contributed by atoms with E-state index in [9.17, 15) is 9.50 Å². The Bertz CT molecular complexity index is 419. The highest BCUT2D eigenvalue weighted by Gasteiger charge is 2.31. The average molecular weight is 287 g/mol. The van der Waals surface area contributed by atoms with E-state index in [4.69, 9.17) is 16.3 Å². The van der Waals surface area contributed by atoms with E-state index < -0.39 is 11.9 Å². The highest BCUT2D eigenvalue weighted by atomic mass is 35.5. The minimum Gasteiger partial charge on any atom is -0.386 e. The molecule has 1 saturated carbocycles. The van der Waals surface area contributed by atoms with Gasteiger partial charge in [0, 0.05) is 17.7 Å². The Morgan fingerprint density at radius 1 is 1.32 bits per heavy atom. The van der Waals surface area contributed by atoms with Gasteiger partial charge in [0.1, 0.15) is 11.9 Å². The van der Waals surface area contributed by atoms with Crippen LogP contribution in [0, 0.1) is 11.7 Å². The van der Waals surface area contributed by atoms with Gasteiger partial charge in [0.05, 0.1) is 6.10 Å². The van der Waals surface area contributed by atoms with Crippen LogP contribution in [0.1, 0.15) is 43.8 Å². The summed E-state index contributed by atoms with van der Waals surface area (Å²) in [5.74, 6) is -0.179. The lowest BCUT2D eigenvalue weighted by Gasteiger charge is -2.32. The molecule has 2 rings (SSSR count). The van der Waals surface area contributed by atoms with Crippen LogP contribution >= 0.6 is 11.6 Å². The number of ether oxygens (including phenoxy) is 1. The normalized spacial score (nSPS) is 20.2. The lowest BCUT2D eigenvalue weighted by molar-refractivity contribution is -0.0571. The van der Waals surface area contributed by atoms with Crippen LogP contribution in [0.2, 0.25) is 5.02 Å². The molecule has 0 spiro atoms. The van der Waals surface area contributed by atoms with Crippen LogP contribution < -0.4 is 0 Å². The maximum absolute atomic E-state index is 13.9. The molecule has 1 N–H and O–H groups in total. The van der Waals surface area contributed by atoms with Crippen LogP contribution in [-0.2, 0) is 4.74 Å². The summed E-state index contributed by atoms with van der Waals surface area (Å²) < 4.78 is 19.3. The summed E-state index contributed by atoms with van der Waals surface area (Å²) in [4.78, 5) is 0. The van der Waals surface area contributed by atoms with Gasteiger partial charge in [0.25, 0.3) is 0 Å². The number of hydrogen-bond acceptors (Lipinski definition) is 2. The molecule has 19 heavy (non-hydrogen) atoms. The van der Waals surface area contributed by atoms with E-state index >= 15 is 0 Å². The van der Waals surface area contributed by atoms with Gasteiger partial charge in [-0.3, -0.25) is 0 Å². The second-order valence-electron chi connectivity index (χ2n) is 5.21. The van der Waals surface area contributed by atoms with Crippen molar-refractivity contribution in [3.8, 4) is 0 Å². The number of benzene rings is 1. The van der Waals surface area contributed by atoms with Gasteiger partial charge in [-0.15, -0.1) is 0 Å². The zero-order chi connectivity index (χ0) is 13.8. The zero-order valence-corrected chi connectivity index (χ0v) is 11.9. The Hall–Kier alpha value is -0.640. The van der Waals surface area contributed by atoms with Crippen molar-refractivity contribution < 1.29 is 14.2 Å². The summed E-state index contributed by atoms with van der Waals surface area (Å²) in [6.45, 7) is 0. The highest BCUT2D eigenvalue weighted by molar-refractivity contribution is 6.30. The molecule has 0 amide bonds. The van der Waals surface area contributed by atoms with Crippen LogP contribution in [0.5, 0.6) is 0 Å². The third-order valence-electron chi connectivity index (χ3n) is 3.98. The maximum Gasteiger partial charge on any atom is 0.130 e. The van der Waals surface area contributed by atoms with Crippen LogP contribution in [-0.4, -0.2) is 18.3 Å². The highest BCUT2D eigenvalue weighted by Crippen LogP contribution is 2.35. The fourth-order valence-corrected chi connectivity index (χ4v) is 3.12. The molecule has 106 valence electrons. The van der Waals surface area contributed by atoms with Gasteiger partial charge in [-0.25, -0.2) is 4.39 Å². The molecule has 4 heteroatoms.